The van der Waals surface area contributed by atoms with Crippen molar-refractivity contribution in [3.05, 3.63) is 42.0 Å². The van der Waals surface area contributed by atoms with Crippen molar-refractivity contribution < 1.29 is 4.74 Å². The van der Waals surface area contributed by atoms with E-state index in [1.54, 1.807) is 0 Å². The van der Waals surface area contributed by atoms with Crippen molar-refractivity contribution in [2.24, 2.45) is 5.73 Å². The molecule has 1 aliphatic rings. The van der Waals surface area contributed by atoms with Crippen LogP contribution in [0, 0.1) is 0 Å². The molecule has 0 saturated heterocycles. The van der Waals surface area contributed by atoms with E-state index in [1.807, 2.05) is 12.1 Å². The summed E-state index contributed by atoms with van der Waals surface area (Å²) < 4.78 is 5.46. The van der Waals surface area contributed by atoms with E-state index < -0.39 is 0 Å². The molecule has 0 radical (unpaired) electrons. The Hall–Kier alpha value is -0.990. The molecule has 1 aromatic rings. The molecule has 88 valence electrons. The molecular weight excluding hydrogens is 222 g/mol. The van der Waals surface area contributed by atoms with Crippen LogP contribution in [0.5, 0.6) is 5.75 Å². The van der Waals surface area contributed by atoms with Crippen LogP contribution in [0.15, 0.2) is 30.9 Å². The Morgan fingerprint density at radius 1 is 1.50 bits per heavy atom. The van der Waals surface area contributed by atoms with Crippen LogP contribution in [-0.4, -0.2) is 6.61 Å². The summed E-state index contributed by atoms with van der Waals surface area (Å²) in [6.07, 6.45) is 4.85. The van der Waals surface area contributed by atoms with Gasteiger partial charge in [0, 0.05) is 12.5 Å². The highest BCUT2D eigenvalue weighted by Gasteiger charge is 2.14. The summed E-state index contributed by atoms with van der Waals surface area (Å²) in [4.78, 5) is 0. The molecule has 16 heavy (non-hydrogen) atoms. The highest BCUT2D eigenvalue weighted by atomic mass is 35.5. The maximum atomic E-state index is 6.09. The fourth-order valence-corrected chi connectivity index (χ4v) is 1.90. The van der Waals surface area contributed by atoms with Gasteiger partial charge in [-0.15, -0.1) is 19.0 Å². The van der Waals surface area contributed by atoms with E-state index in [4.69, 9.17) is 10.5 Å². The maximum Gasteiger partial charge on any atom is 0.122 e. The molecule has 0 aromatic heterocycles. The summed E-state index contributed by atoms with van der Waals surface area (Å²) in [5, 5.41) is 0. The zero-order valence-corrected chi connectivity index (χ0v) is 10.1. The van der Waals surface area contributed by atoms with Gasteiger partial charge in [-0.1, -0.05) is 18.2 Å². The SMILES string of the molecule is C=CCC[C@@H](N)c1ccc2c(c1)CCO2.Cl. The van der Waals surface area contributed by atoms with E-state index in [0.717, 1.165) is 31.6 Å². The molecule has 1 aliphatic heterocycles. The molecule has 0 fully saturated rings. The van der Waals surface area contributed by atoms with Crippen LogP contribution in [0.2, 0.25) is 0 Å². The van der Waals surface area contributed by atoms with Crippen molar-refractivity contribution in [2.45, 2.75) is 25.3 Å². The van der Waals surface area contributed by atoms with E-state index >= 15 is 0 Å². The maximum absolute atomic E-state index is 6.09. The molecule has 3 heteroatoms. The Balaban J connectivity index is 0.00000128. The van der Waals surface area contributed by atoms with Gasteiger partial charge in [-0.25, -0.2) is 0 Å². The minimum Gasteiger partial charge on any atom is -0.493 e. The molecule has 0 spiro atoms. The molecule has 1 heterocycles. The average Bonchev–Trinajstić information content (AvgIpc) is 2.72. The number of fused-ring (bicyclic) bond motifs is 1. The standard InChI is InChI=1S/C13H17NO.ClH/c1-2-3-4-12(14)10-5-6-13-11(9-10)7-8-15-13;/h2,5-6,9,12H,1,3-4,7-8,14H2;1H/t12-;/m1./s1. The fourth-order valence-electron chi connectivity index (χ4n) is 1.90. The lowest BCUT2D eigenvalue weighted by atomic mass is 10.00. The number of nitrogens with two attached hydrogens (primary N) is 1. The van der Waals surface area contributed by atoms with E-state index in [0.29, 0.717) is 0 Å². The highest BCUT2D eigenvalue weighted by molar-refractivity contribution is 5.85. The van der Waals surface area contributed by atoms with Crippen molar-refractivity contribution in [1.82, 2.24) is 0 Å². The van der Waals surface area contributed by atoms with Crippen molar-refractivity contribution in [3.63, 3.8) is 0 Å². The number of halogens is 1. The van der Waals surface area contributed by atoms with Gasteiger partial charge in [0.15, 0.2) is 0 Å². The number of hydrogen-bond acceptors (Lipinski definition) is 2. The monoisotopic (exact) mass is 239 g/mol. The molecule has 2 N–H and O–H groups in total. The van der Waals surface area contributed by atoms with Crippen LogP contribution in [-0.2, 0) is 6.42 Å². The molecule has 0 unspecified atom stereocenters. The highest BCUT2D eigenvalue weighted by Crippen LogP contribution is 2.28. The number of ether oxygens (including phenoxy) is 1. The average molecular weight is 240 g/mol. The predicted molar refractivity (Wildman–Crippen MR) is 69.2 cm³/mol. The van der Waals surface area contributed by atoms with Crippen molar-refractivity contribution >= 4 is 12.4 Å². The van der Waals surface area contributed by atoms with Crippen LogP contribution >= 0.6 is 12.4 Å². The van der Waals surface area contributed by atoms with Gasteiger partial charge in [0.1, 0.15) is 5.75 Å². The van der Waals surface area contributed by atoms with Crippen LogP contribution in [0.3, 0.4) is 0 Å². The van der Waals surface area contributed by atoms with Gasteiger partial charge in [0.05, 0.1) is 6.61 Å². The van der Waals surface area contributed by atoms with E-state index in [2.05, 4.69) is 18.7 Å². The third-order valence-electron chi connectivity index (χ3n) is 2.82. The first-order valence-electron chi connectivity index (χ1n) is 5.43. The van der Waals surface area contributed by atoms with Gasteiger partial charge < -0.3 is 10.5 Å². The van der Waals surface area contributed by atoms with Gasteiger partial charge in [0.2, 0.25) is 0 Å². The molecule has 2 rings (SSSR count). The minimum absolute atomic E-state index is 0. The zero-order chi connectivity index (χ0) is 10.7. The molecule has 0 aliphatic carbocycles. The van der Waals surface area contributed by atoms with Gasteiger partial charge in [-0.2, -0.15) is 0 Å². The van der Waals surface area contributed by atoms with Crippen molar-refractivity contribution in [1.29, 1.82) is 0 Å². The Morgan fingerprint density at radius 2 is 2.31 bits per heavy atom. The lowest BCUT2D eigenvalue weighted by Crippen LogP contribution is -2.09. The number of hydrogen-bond donors (Lipinski definition) is 1. The second kappa shape index (κ2) is 5.92. The Bertz CT molecular complexity index is 365. The normalized spacial score (nSPS) is 14.6. The largest absolute Gasteiger partial charge is 0.493 e. The molecular formula is C13H18ClNO. The zero-order valence-electron chi connectivity index (χ0n) is 9.32. The number of allylic oxidation sites excluding steroid dienone is 1. The summed E-state index contributed by atoms with van der Waals surface area (Å²) in [7, 11) is 0. The summed E-state index contributed by atoms with van der Waals surface area (Å²) in [6.45, 7) is 4.51. The van der Waals surface area contributed by atoms with E-state index in [-0.39, 0.29) is 18.4 Å². The Labute approximate surface area is 103 Å². The Morgan fingerprint density at radius 3 is 3.06 bits per heavy atom. The van der Waals surface area contributed by atoms with Gasteiger partial charge in [0.25, 0.3) is 0 Å². The van der Waals surface area contributed by atoms with E-state index in [1.165, 1.54) is 11.1 Å². The molecule has 1 atom stereocenters. The summed E-state index contributed by atoms with van der Waals surface area (Å²) in [5.74, 6) is 1.02. The van der Waals surface area contributed by atoms with Crippen LogP contribution < -0.4 is 10.5 Å². The second-order valence-electron chi connectivity index (χ2n) is 3.94. The third-order valence-corrected chi connectivity index (χ3v) is 2.82. The molecule has 0 bridgehead atoms. The second-order valence-corrected chi connectivity index (χ2v) is 3.94. The van der Waals surface area contributed by atoms with E-state index in [9.17, 15) is 0 Å². The van der Waals surface area contributed by atoms with Crippen LogP contribution in [0.4, 0.5) is 0 Å². The predicted octanol–water partition coefficient (Wildman–Crippen LogP) is 3.01. The summed E-state index contributed by atoms with van der Waals surface area (Å²) >= 11 is 0. The summed E-state index contributed by atoms with van der Waals surface area (Å²) in [5.41, 5.74) is 8.59. The van der Waals surface area contributed by atoms with Crippen LogP contribution in [0.25, 0.3) is 0 Å². The molecule has 1 aromatic carbocycles. The topological polar surface area (TPSA) is 35.2 Å². The van der Waals surface area contributed by atoms with Gasteiger partial charge in [-0.3, -0.25) is 0 Å². The smallest absolute Gasteiger partial charge is 0.122 e. The first-order valence-corrected chi connectivity index (χ1v) is 5.43. The number of benzene rings is 1. The molecule has 0 saturated carbocycles. The molecule has 0 amide bonds. The lowest BCUT2D eigenvalue weighted by molar-refractivity contribution is 0.357. The Kier molecular flexibility index (Phi) is 4.84. The quantitative estimate of drug-likeness (QED) is 0.820. The van der Waals surface area contributed by atoms with Gasteiger partial charge >= 0.3 is 0 Å². The van der Waals surface area contributed by atoms with Crippen LogP contribution in [0.1, 0.15) is 30.0 Å². The molecule has 2 nitrogen and oxygen atoms in total. The lowest BCUT2D eigenvalue weighted by Gasteiger charge is -2.11. The summed E-state index contributed by atoms with van der Waals surface area (Å²) in [6, 6.07) is 6.40. The van der Waals surface area contributed by atoms with Crippen molar-refractivity contribution in [3.8, 4) is 5.75 Å². The minimum atomic E-state index is 0. The van der Waals surface area contributed by atoms with Crippen molar-refractivity contribution in [2.75, 3.05) is 6.61 Å². The first kappa shape index (κ1) is 13.1. The number of rotatable bonds is 4. The first-order chi connectivity index (χ1) is 7.31. The third kappa shape index (κ3) is 2.77. The fraction of sp³-hybridized carbons (Fsp3) is 0.385. The van der Waals surface area contributed by atoms with Gasteiger partial charge in [-0.05, 0) is 30.0 Å².